The Kier molecular flexibility index (Phi) is 9.77. The second kappa shape index (κ2) is 12.3. The molecule has 1 unspecified atom stereocenters. The molecule has 0 amide bonds. The van der Waals surface area contributed by atoms with Crippen molar-refractivity contribution >= 4 is 0 Å². The number of ether oxygens (including phenoxy) is 4. The van der Waals surface area contributed by atoms with Gasteiger partial charge in [-0.15, -0.1) is 0 Å². The zero-order valence-electron chi connectivity index (χ0n) is 17.9. The molecule has 0 aliphatic carbocycles. The Morgan fingerprint density at radius 1 is 0.966 bits per heavy atom. The van der Waals surface area contributed by atoms with Gasteiger partial charge in [-0.2, -0.15) is 0 Å². The monoisotopic (exact) mass is 403 g/mol. The number of rotatable bonds is 13. The van der Waals surface area contributed by atoms with Gasteiger partial charge in [0, 0.05) is 38.9 Å². The third-order valence-electron chi connectivity index (χ3n) is 4.70. The number of nitrogens with zero attached hydrogens (tertiary/aromatic N) is 1. The van der Waals surface area contributed by atoms with Crippen LogP contribution in [0.25, 0.3) is 0 Å². The Morgan fingerprint density at radius 3 is 2.41 bits per heavy atom. The Labute approximate surface area is 174 Å². The van der Waals surface area contributed by atoms with E-state index in [-0.39, 0.29) is 6.61 Å². The summed E-state index contributed by atoms with van der Waals surface area (Å²) in [6, 6.07) is 13.6. The molecule has 0 radical (unpaired) electrons. The average Bonchev–Trinajstić information content (AvgIpc) is 2.73. The number of hydrogen-bond acceptors (Lipinski definition) is 6. The van der Waals surface area contributed by atoms with E-state index in [1.54, 1.807) is 21.3 Å². The minimum atomic E-state index is -0.617. The van der Waals surface area contributed by atoms with Crippen LogP contribution in [-0.2, 0) is 11.3 Å². The topological polar surface area (TPSA) is 60.4 Å². The summed E-state index contributed by atoms with van der Waals surface area (Å²) in [7, 11) is 4.96. The molecule has 0 aromatic heterocycles. The van der Waals surface area contributed by atoms with Crippen LogP contribution in [0.15, 0.2) is 42.5 Å². The SMILES string of the molecule is COCCCN(Cc1cccc(OC)c1OC)CC(O)COc1ccccc1C. The molecule has 2 aromatic carbocycles. The van der Waals surface area contributed by atoms with Crippen molar-refractivity contribution in [1.29, 1.82) is 0 Å². The van der Waals surface area contributed by atoms with Crippen molar-refractivity contribution < 1.29 is 24.1 Å². The van der Waals surface area contributed by atoms with Crippen LogP contribution in [0.2, 0.25) is 0 Å². The number of benzene rings is 2. The molecule has 0 saturated heterocycles. The Morgan fingerprint density at radius 2 is 1.72 bits per heavy atom. The number of aryl methyl sites for hydroxylation is 1. The van der Waals surface area contributed by atoms with Crippen LogP contribution in [0.1, 0.15) is 17.5 Å². The van der Waals surface area contributed by atoms with Crippen LogP contribution in [0.4, 0.5) is 0 Å². The number of aliphatic hydroxyl groups is 1. The van der Waals surface area contributed by atoms with E-state index in [9.17, 15) is 5.11 Å². The van der Waals surface area contributed by atoms with Gasteiger partial charge in [0.05, 0.1) is 14.2 Å². The fraction of sp³-hybridized carbons (Fsp3) is 0.478. The fourth-order valence-electron chi connectivity index (χ4n) is 3.24. The maximum Gasteiger partial charge on any atom is 0.165 e. The highest BCUT2D eigenvalue weighted by Crippen LogP contribution is 2.31. The summed E-state index contributed by atoms with van der Waals surface area (Å²) >= 11 is 0. The summed E-state index contributed by atoms with van der Waals surface area (Å²) in [5.41, 5.74) is 2.06. The largest absolute Gasteiger partial charge is 0.493 e. The minimum absolute atomic E-state index is 0.237. The van der Waals surface area contributed by atoms with E-state index in [2.05, 4.69) is 4.90 Å². The van der Waals surface area contributed by atoms with Gasteiger partial charge in [-0.05, 0) is 31.0 Å². The number of aliphatic hydroxyl groups excluding tert-OH is 1. The highest BCUT2D eigenvalue weighted by atomic mass is 16.5. The van der Waals surface area contributed by atoms with Crippen LogP contribution in [0, 0.1) is 6.92 Å². The smallest absolute Gasteiger partial charge is 0.165 e. The van der Waals surface area contributed by atoms with Gasteiger partial charge < -0.3 is 24.1 Å². The molecule has 2 rings (SSSR count). The second-order valence-electron chi connectivity index (χ2n) is 6.96. The third kappa shape index (κ3) is 7.24. The van der Waals surface area contributed by atoms with Crippen LogP contribution in [0.3, 0.4) is 0 Å². The van der Waals surface area contributed by atoms with E-state index in [1.165, 1.54) is 0 Å². The minimum Gasteiger partial charge on any atom is -0.493 e. The predicted octanol–water partition coefficient (Wildman–Crippen LogP) is 3.29. The van der Waals surface area contributed by atoms with Gasteiger partial charge in [0.25, 0.3) is 0 Å². The lowest BCUT2D eigenvalue weighted by Crippen LogP contribution is -2.36. The van der Waals surface area contributed by atoms with Crippen molar-refractivity contribution in [3.05, 3.63) is 53.6 Å². The predicted molar refractivity (Wildman–Crippen MR) is 114 cm³/mol. The molecule has 2 aromatic rings. The maximum atomic E-state index is 10.6. The Hall–Kier alpha value is -2.28. The molecule has 0 heterocycles. The lowest BCUT2D eigenvalue weighted by Gasteiger charge is -2.26. The van der Waals surface area contributed by atoms with Gasteiger partial charge in [0.2, 0.25) is 0 Å². The molecule has 0 aliphatic rings. The van der Waals surface area contributed by atoms with Gasteiger partial charge in [-0.1, -0.05) is 30.3 Å². The summed E-state index contributed by atoms with van der Waals surface area (Å²) in [6.07, 6.45) is 0.252. The van der Waals surface area contributed by atoms with Gasteiger partial charge in [-0.3, -0.25) is 4.90 Å². The molecular formula is C23H33NO5. The first-order chi connectivity index (χ1) is 14.1. The van der Waals surface area contributed by atoms with Crippen molar-refractivity contribution in [2.24, 2.45) is 0 Å². The van der Waals surface area contributed by atoms with E-state index in [0.717, 1.165) is 35.6 Å². The van der Waals surface area contributed by atoms with Gasteiger partial charge in [0.1, 0.15) is 18.5 Å². The molecule has 0 spiro atoms. The summed E-state index contributed by atoms with van der Waals surface area (Å²) in [5.74, 6) is 2.22. The first kappa shape index (κ1) is 23.0. The van der Waals surface area contributed by atoms with Gasteiger partial charge in [0.15, 0.2) is 11.5 Å². The first-order valence-electron chi connectivity index (χ1n) is 9.86. The summed E-state index contributed by atoms with van der Waals surface area (Å²) in [5, 5.41) is 10.6. The van der Waals surface area contributed by atoms with Crippen molar-refractivity contribution in [2.75, 3.05) is 47.6 Å². The molecular weight excluding hydrogens is 370 g/mol. The Bertz CT molecular complexity index is 737. The standard InChI is InChI=1S/C23H33NO5/c1-18-9-5-6-11-21(18)29-17-20(25)16-24(13-8-14-26-2)15-19-10-7-12-22(27-3)23(19)28-4/h5-7,9-12,20,25H,8,13-17H2,1-4H3. The van der Waals surface area contributed by atoms with Crippen molar-refractivity contribution in [1.82, 2.24) is 4.90 Å². The molecule has 6 nitrogen and oxygen atoms in total. The molecule has 160 valence electrons. The summed E-state index contributed by atoms with van der Waals surface area (Å²) in [6.45, 7) is 4.80. The molecule has 0 aliphatic heterocycles. The molecule has 29 heavy (non-hydrogen) atoms. The maximum absolute atomic E-state index is 10.6. The molecule has 1 atom stereocenters. The molecule has 6 heteroatoms. The van der Waals surface area contributed by atoms with Crippen LogP contribution >= 0.6 is 0 Å². The average molecular weight is 404 g/mol. The summed E-state index contributed by atoms with van der Waals surface area (Å²) < 4.78 is 22.0. The molecule has 0 fully saturated rings. The normalized spacial score (nSPS) is 12.1. The van der Waals surface area contributed by atoms with Gasteiger partial charge in [-0.25, -0.2) is 0 Å². The lowest BCUT2D eigenvalue weighted by molar-refractivity contribution is 0.0612. The summed E-state index contributed by atoms with van der Waals surface area (Å²) in [4.78, 5) is 2.18. The lowest BCUT2D eigenvalue weighted by atomic mass is 10.1. The van der Waals surface area contributed by atoms with Crippen molar-refractivity contribution in [3.8, 4) is 17.2 Å². The number of para-hydroxylation sites is 2. The highest BCUT2D eigenvalue weighted by molar-refractivity contribution is 5.46. The van der Waals surface area contributed by atoms with E-state index in [0.29, 0.717) is 25.4 Å². The van der Waals surface area contributed by atoms with Crippen molar-refractivity contribution in [3.63, 3.8) is 0 Å². The van der Waals surface area contributed by atoms with Gasteiger partial charge >= 0.3 is 0 Å². The fourth-order valence-corrected chi connectivity index (χ4v) is 3.24. The van der Waals surface area contributed by atoms with Crippen LogP contribution < -0.4 is 14.2 Å². The molecule has 0 bridgehead atoms. The second-order valence-corrected chi connectivity index (χ2v) is 6.96. The molecule has 0 saturated carbocycles. The first-order valence-corrected chi connectivity index (χ1v) is 9.86. The van der Waals surface area contributed by atoms with E-state index in [1.807, 2.05) is 49.4 Å². The number of methoxy groups -OCH3 is 3. The zero-order valence-corrected chi connectivity index (χ0v) is 17.9. The van der Waals surface area contributed by atoms with E-state index in [4.69, 9.17) is 18.9 Å². The van der Waals surface area contributed by atoms with Crippen LogP contribution in [-0.4, -0.2) is 63.7 Å². The van der Waals surface area contributed by atoms with E-state index < -0.39 is 6.10 Å². The highest BCUT2D eigenvalue weighted by Gasteiger charge is 2.17. The van der Waals surface area contributed by atoms with Crippen molar-refractivity contribution in [2.45, 2.75) is 26.0 Å². The third-order valence-corrected chi connectivity index (χ3v) is 4.70. The zero-order chi connectivity index (χ0) is 21.1. The quantitative estimate of drug-likeness (QED) is 0.518. The number of hydrogen-bond donors (Lipinski definition) is 1. The molecule has 1 N–H and O–H groups in total. The van der Waals surface area contributed by atoms with E-state index >= 15 is 0 Å². The Balaban J connectivity index is 2.02. The van der Waals surface area contributed by atoms with Crippen LogP contribution in [0.5, 0.6) is 17.2 Å².